The maximum Gasteiger partial charge on any atom is 0.0952 e. The molecule has 1 heterocycles. The predicted octanol–water partition coefficient (Wildman–Crippen LogP) is 3.20. The molecule has 0 bridgehead atoms. The summed E-state index contributed by atoms with van der Waals surface area (Å²) in [7, 11) is 0. The quantitative estimate of drug-likeness (QED) is 0.792. The van der Waals surface area contributed by atoms with Gasteiger partial charge in [-0.3, -0.25) is 4.90 Å². The van der Waals surface area contributed by atoms with Crippen molar-refractivity contribution in [2.24, 2.45) is 0 Å². The first kappa shape index (κ1) is 13.8. The summed E-state index contributed by atoms with van der Waals surface area (Å²) in [5.41, 5.74) is 1.33. The van der Waals surface area contributed by atoms with Gasteiger partial charge in [0.25, 0.3) is 0 Å². The number of benzene rings is 1. The third-order valence-electron chi connectivity index (χ3n) is 3.83. The van der Waals surface area contributed by atoms with Gasteiger partial charge in [0.2, 0.25) is 0 Å². The number of aromatic nitrogens is 2. The minimum Gasteiger partial charge on any atom is -0.328 e. The zero-order chi connectivity index (χ0) is 13.7. The molecule has 0 amide bonds. The molecule has 0 radical (unpaired) electrons. The molecule has 1 aromatic carbocycles. The van der Waals surface area contributed by atoms with Crippen LogP contribution in [0, 0.1) is 0 Å². The van der Waals surface area contributed by atoms with E-state index < -0.39 is 0 Å². The third-order valence-corrected chi connectivity index (χ3v) is 3.83. The fourth-order valence-electron chi connectivity index (χ4n) is 2.78. The molecular weight excluding hydrogens is 234 g/mol. The van der Waals surface area contributed by atoms with Gasteiger partial charge in [-0.25, -0.2) is 4.98 Å². The average molecular weight is 257 g/mol. The van der Waals surface area contributed by atoms with Gasteiger partial charge >= 0.3 is 0 Å². The molecule has 0 unspecified atom stereocenters. The second-order valence-electron chi connectivity index (χ2n) is 4.83. The molecule has 102 valence electrons. The molecule has 3 heteroatoms. The first-order chi connectivity index (χ1) is 9.27. The molecule has 0 fully saturated rings. The lowest BCUT2D eigenvalue weighted by atomic mass is 9.99. The highest BCUT2D eigenvalue weighted by Crippen LogP contribution is 2.25. The van der Waals surface area contributed by atoms with Crippen molar-refractivity contribution < 1.29 is 0 Å². The Morgan fingerprint density at radius 1 is 1.16 bits per heavy atom. The van der Waals surface area contributed by atoms with Crippen LogP contribution in [-0.2, 0) is 0 Å². The number of imidazole rings is 1. The molecule has 0 saturated heterocycles. The Bertz CT molecular complexity index is 460. The fourth-order valence-corrected chi connectivity index (χ4v) is 2.78. The number of rotatable bonds is 6. The van der Waals surface area contributed by atoms with E-state index in [0.717, 1.165) is 13.1 Å². The lowest BCUT2D eigenvalue weighted by Crippen LogP contribution is -2.39. The number of likely N-dealkylation sites (N-methyl/N-ethyl adjacent to an activating group) is 1. The van der Waals surface area contributed by atoms with E-state index in [4.69, 9.17) is 0 Å². The van der Waals surface area contributed by atoms with E-state index >= 15 is 0 Å². The largest absolute Gasteiger partial charge is 0.328 e. The van der Waals surface area contributed by atoms with Crippen molar-refractivity contribution in [2.75, 3.05) is 13.1 Å². The zero-order valence-corrected chi connectivity index (χ0v) is 12.0. The smallest absolute Gasteiger partial charge is 0.0952 e. The van der Waals surface area contributed by atoms with Crippen molar-refractivity contribution in [2.45, 2.75) is 32.9 Å². The van der Waals surface area contributed by atoms with Crippen LogP contribution >= 0.6 is 0 Å². The molecular formula is C16H23N3. The van der Waals surface area contributed by atoms with Crippen LogP contribution in [0.1, 0.15) is 32.4 Å². The monoisotopic (exact) mass is 257 g/mol. The minimum absolute atomic E-state index is 0.309. The Hall–Kier alpha value is -1.61. The number of nitrogens with zero attached hydrogens (tertiary/aromatic N) is 3. The molecule has 1 aromatic heterocycles. The zero-order valence-electron chi connectivity index (χ0n) is 12.0. The van der Waals surface area contributed by atoms with Gasteiger partial charge in [-0.2, -0.15) is 0 Å². The van der Waals surface area contributed by atoms with Crippen LogP contribution in [-0.4, -0.2) is 33.6 Å². The summed E-state index contributed by atoms with van der Waals surface area (Å²) in [4.78, 5) is 6.69. The van der Waals surface area contributed by atoms with Gasteiger partial charge in [0.15, 0.2) is 0 Å². The minimum atomic E-state index is 0.309. The van der Waals surface area contributed by atoms with Crippen molar-refractivity contribution >= 4 is 0 Å². The van der Waals surface area contributed by atoms with E-state index in [1.54, 1.807) is 0 Å². The van der Waals surface area contributed by atoms with Crippen LogP contribution in [0.3, 0.4) is 0 Å². The van der Waals surface area contributed by atoms with Gasteiger partial charge in [0.05, 0.1) is 12.4 Å². The first-order valence-corrected chi connectivity index (χ1v) is 7.04. The van der Waals surface area contributed by atoms with Crippen LogP contribution < -0.4 is 0 Å². The second-order valence-corrected chi connectivity index (χ2v) is 4.83. The maximum atomic E-state index is 4.21. The van der Waals surface area contributed by atoms with Crippen molar-refractivity contribution in [3.63, 3.8) is 0 Å². The van der Waals surface area contributed by atoms with E-state index in [1.165, 1.54) is 5.56 Å². The number of hydrogen-bond acceptors (Lipinski definition) is 2. The van der Waals surface area contributed by atoms with Gasteiger partial charge in [-0.05, 0) is 25.6 Å². The standard InChI is InChI=1S/C16H23N3/c1-4-18(5-2)14(3)16(19-12-11-17-13-19)15-9-7-6-8-10-15/h6-14,16H,4-5H2,1-3H3/t14-,16-/m0/s1. The summed E-state index contributed by atoms with van der Waals surface area (Å²) < 4.78 is 2.21. The van der Waals surface area contributed by atoms with E-state index in [0.29, 0.717) is 12.1 Å². The summed E-state index contributed by atoms with van der Waals surface area (Å²) in [6, 6.07) is 11.4. The maximum absolute atomic E-state index is 4.21. The molecule has 0 aliphatic rings. The second kappa shape index (κ2) is 6.53. The topological polar surface area (TPSA) is 21.1 Å². The molecule has 0 N–H and O–H groups in total. The van der Waals surface area contributed by atoms with Gasteiger partial charge < -0.3 is 4.57 Å². The van der Waals surface area contributed by atoms with Crippen LogP contribution in [0.5, 0.6) is 0 Å². The first-order valence-electron chi connectivity index (χ1n) is 7.04. The molecule has 2 atom stereocenters. The van der Waals surface area contributed by atoms with Crippen molar-refractivity contribution in [3.8, 4) is 0 Å². The fraction of sp³-hybridized carbons (Fsp3) is 0.438. The van der Waals surface area contributed by atoms with Gasteiger partial charge in [0, 0.05) is 18.4 Å². The highest BCUT2D eigenvalue weighted by molar-refractivity contribution is 5.21. The van der Waals surface area contributed by atoms with Crippen LogP contribution in [0.2, 0.25) is 0 Å². The van der Waals surface area contributed by atoms with Crippen molar-refractivity contribution in [1.29, 1.82) is 0 Å². The summed E-state index contributed by atoms with van der Waals surface area (Å²) in [6.45, 7) is 8.86. The van der Waals surface area contributed by atoms with E-state index in [1.807, 2.05) is 12.5 Å². The van der Waals surface area contributed by atoms with Crippen molar-refractivity contribution in [1.82, 2.24) is 14.5 Å². The third kappa shape index (κ3) is 3.04. The summed E-state index contributed by atoms with van der Waals surface area (Å²) in [6.07, 6.45) is 5.82. The molecule has 0 aliphatic carbocycles. The van der Waals surface area contributed by atoms with E-state index in [9.17, 15) is 0 Å². The highest BCUT2D eigenvalue weighted by atomic mass is 15.2. The predicted molar refractivity (Wildman–Crippen MR) is 79.2 cm³/mol. The Labute approximate surface area is 115 Å². The molecule has 0 aliphatic heterocycles. The summed E-state index contributed by atoms with van der Waals surface area (Å²) in [5.74, 6) is 0. The number of hydrogen-bond donors (Lipinski definition) is 0. The van der Waals surface area contributed by atoms with Crippen LogP contribution in [0.25, 0.3) is 0 Å². The Balaban J connectivity index is 2.35. The molecule has 0 saturated carbocycles. The van der Waals surface area contributed by atoms with E-state index in [-0.39, 0.29) is 0 Å². The van der Waals surface area contributed by atoms with Gasteiger partial charge in [-0.1, -0.05) is 44.2 Å². The summed E-state index contributed by atoms with van der Waals surface area (Å²) in [5, 5.41) is 0. The molecule has 3 nitrogen and oxygen atoms in total. The lowest BCUT2D eigenvalue weighted by molar-refractivity contribution is 0.189. The summed E-state index contributed by atoms with van der Waals surface area (Å²) >= 11 is 0. The lowest BCUT2D eigenvalue weighted by Gasteiger charge is -2.34. The van der Waals surface area contributed by atoms with Crippen LogP contribution in [0.4, 0.5) is 0 Å². The molecule has 2 aromatic rings. The molecule has 0 spiro atoms. The molecule has 19 heavy (non-hydrogen) atoms. The normalized spacial score (nSPS) is 14.5. The Kier molecular flexibility index (Phi) is 4.74. The average Bonchev–Trinajstić information content (AvgIpc) is 2.95. The van der Waals surface area contributed by atoms with Crippen LogP contribution in [0.15, 0.2) is 49.1 Å². The van der Waals surface area contributed by atoms with E-state index in [2.05, 4.69) is 71.8 Å². The SMILES string of the molecule is CCN(CC)[C@@H](C)[C@@H](c1ccccc1)n1ccnc1. The van der Waals surface area contributed by atoms with Crippen molar-refractivity contribution in [3.05, 3.63) is 54.6 Å². The van der Waals surface area contributed by atoms with Gasteiger partial charge in [0.1, 0.15) is 0 Å². The molecule has 2 rings (SSSR count). The van der Waals surface area contributed by atoms with Gasteiger partial charge in [-0.15, -0.1) is 0 Å². The highest BCUT2D eigenvalue weighted by Gasteiger charge is 2.24. The Morgan fingerprint density at radius 2 is 1.84 bits per heavy atom. The Morgan fingerprint density at radius 3 is 2.37 bits per heavy atom.